The quantitative estimate of drug-likeness (QED) is 0.793. The number of halogens is 1. The first-order valence-corrected chi connectivity index (χ1v) is 10.4. The SMILES string of the molecule is CC1CCCCN1C(=O)C1CCC2(CC1)CNC(=O)c1cc(Cl)ccc1O2. The number of benzene rings is 1. The average molecular weight is 391 g/mol. The van der Waals surface area contributed by atoms with Crippen molar-refractivity contribution in [1.82, 2.24) is 10.2 Å². The van der Waals surface area contributed by atoms with Crippen LogP contribution in [0, 0.1) is 5.92 Å². The normalized spacial score (nSPS) is 30.9. The highest BCUT2D eigenvalue weighted by Crippen LogP contribution is 2.39. The fourth-order valence-corrected chi connectivity index (χ4v) is 4.88. The molecular formula is C21H27ClN2O3. The highest BCUT2D eigenvalue weighted by atomic mass is 35.5. The van der Waals surface area contributed by atoms with Gasteiger partial charge in [-0.25, -0.2) is 0 Å². The van der Waals surface area contributed by atoms with Gasteiger partial charge in [0, 0.05) is 23.5 Å². The summed E-state index contributed by atoms with van der Waals surface area (Å²) >= 11 is 6.03. The number of carbonyl (C=O) groups is 2. The van der Waals surface area contributed by atoms with Crippen LogP contribution < -0.4 is 10.1 Å². The maximum absolute atomic E-state index is 13.0. The highest BCUT2D eigenvalue weighted by molar-refractivity contribution is 6.31. The van der Waals surface area contributed by atoms with Crippen LogP contribution in [0.15, 0.2) is 18.2 Å². The Morgan fingerprint density at radius 1 is 1.26 bits per heavy atom. The zero-order chi connectivity index (χ0) is 19.0. The van der Waals surface area contributed by atoms with Crippen LogP contribution in [-0.4, -0.2) is 41.4 Å². The number of fused-ring (bicyclic) bond motifs is 1. The molecular weight excluding hydrogens is 364 g/mol. The Kier molecular flexibility index (Phi) is 5.06. The number of amides is 2. The molecule has 6 heteroatoms. The zero-order valence-electron chi connectivity index (χ0n) is 15.8. The predicted molar refractivity (Wildman–Crippen MR) is 104 cm³/mol. The van der Waals surface area contributed by atoms with Gasteiger partial charge in [-0.15, -0.1) is 0 Å². The molecule has 1 saturated carbocycles. The molecule has 1 aliphatic carbocycles. The molecule has 1 atom stereocenters. The molecule has 1 aromatic rings. The molecule has 1 unspecified atom stereocenters. The molecule has 27 heavy (non-hydrogen) atoms. The number of rotatable bonds is 1. The third kappa shape index (κ3) is 3.66. The first-order chi connectivity index (χ1) is 13.0. The number of hydrogen-bond acceptors (Lipinski definition) is 3. The lowest BCUT2D eigenvalue weighted by molar-refractivity contribution is -0.141. The van der Waals surface area contributed by atoms with Gasteiger partial charge in [-0.1, -0.05) is 11.6 Å². The maximum Gasteiger partial charge on any atom is 0.255 e. The van der Waals surface area contributed by atoms with Crippen LogP contribution in [0.3, 0.4) is 0 Å². The van der Waals surface area contributed by atoms with E-state index in [-0.39, 0.29) is 11.8 Å². The number of ether oxygens (including phenoxy) is 1. The van der Waals surface area contributed by atoms with E-state index in [0.717, 1.165) is 45.1 Å². The number of carbonyl (C=O) groups excluding carboxylic acids is 2. The molecule has 0 bridgehead atoms. The lowest BCUT2D eigenvalue weighted by atomic mass is 9.77. The van der Waals surface area contributed by atoms with E-state index in [1.165, 1.54) is 6.42 Å². The van der Waals surface area contributed by atoms with E-state index < -0.39 is 5.60 Å². The van der Waals surface area contributed by atoms with Crippen LogP contribution in [0.5, 0.6) is 5.75 Å². The fraction of sp³-hybridized carbons (Fsp3) is 0.619. The number of nitrogens with one attached hydrogen (secondary N) is 1. The molecule has 1 spiro atoms. The highest BCUT2D eigenvalue weighted by Gasteiger charge is 2.43. The molecule has 2 heterocycles. The van der Waals surface area contributed by atoms with E-state index in [0.29, 0.717) is 34.8 Å². The number of hydrogen-bond donors (Lipinski definition) is 1. The second kappa shape index (κ2) is 7.34. The van der Waals surface area contributed by atoms with E-state index in [1.807, 2.05) is 0 Å². The van der Waals surface area contributed by atoms with Gasteiger partial charge in [-0.05, 0) is 70.1 Å². The first kappa shape index (κ1) is 18.6. The Morgan fingerprint density at radius 2 is 2.04 bits per heavy atom. The van der Waals surface area contributed by atoms with E-state index in [2.05, 4.69) is 17.1 Å². The molecule has 2 amide bonds. The van der Waals surface area contributed by atoms with Crippen molar-refractivity contribution in [2.24, 2.45) is 5.92 Å². The predicted octanol–water partition coefficient (Wildman–Crippen LogP) is 3.79. The largest absolute Gasteiger partial charge is 0.485 e. The van der Waals surface area contributed by atoms with Gasteiger partial charge in [-0.3, -0.25) is 9.59 Å². The summed E-state index contributed by atoms with van der Waals surface area (Å²) in [5, 5.41) is 3.51. The van der Waals surface area contributed by atoms with E-state index in [9.17, 15) is 9.59 Å². The summed E-state index contributed by atoms with van der Waals surface area (Å²) in [6.45, 7) is 3.52. The minimum atomic E-state index is -0.432. The third-order valence-corrected chi connectivity index (χ3v) is 6.65. The van der Waals surface area contributed by atoms with E-state index >= 15 is 0 Å². The molecule has 1 aromatic carbocycles. The summed E-state index contributed by atoms with van der Waals surface area (Å²) in [5.74, 6) is 0.818. The molecule has 1 N–H and O–H groups in total. The van der Waals surface area contributed by atoms with Crippen molar-refractivity contribution in [2.45, 2.75) is 63.5 Å². The fourth-order valence-electron chi connectivity index (χ4n) is 4.70. The van der Waals surface area contributed by atoms with Crippen LogP contribution >= 0.6 is 11.6 Å². The van der Waals surface area contributed by atoms with E-state index in [1.54, 1.807) is 18.2 Å². The summed E-state index contributed by atoms with van der Waals surface area (Å²) in [5.41, 5.74) is 0.0543. The average Bonchev–Trinajstić information content (AvgIpc) is 2.80. The second-order valence-corrected chi connectivity index (χ2v) is 8.70. The summed E-state index contributed by atoms with van der Waals surface area (Å²) in [4.78, 5) is 27.5. The van der Waals surface area contributed by atoms with Crippen LogP contribution in [0.2, 0.25) is 5.02 Å². The maximum atomic E-state index is 13.0. The zero-order valence-corrected chi connectivity index (χ0v) is 16.6. The molecule has 0 radical (unpaired) electrons. The van der Waals surface area contributed by atoms with Crippen molar-refractivity contribution in [2.75, 3.05) is 13.1 Å². The van der Waals surface area contributed by atoms with Crippen molar-refractivity contribution in [3.05, 3.63) is 28.8 Å². The second-order valence-electron chi connectivity index (χ2n) is 8.26. The number of nitrogens with zero attached hydrogens (tertiary/aromatic N) is 1. The Labute approximate surface area is 165 Å². The Hall–Kier alpha value is -1.75. The molecule has 0 aromatic heterocycles. The van der Waals surface area contributed by atoms with Crippen LogP contribution in [0.1, 0.15) is 62.2 Å². The summed E-state index contributed by atoms with van der Waals surface area (Å²) in [6, 6.07) is 5.53. The molecule has 4 rings (SSSR count). The van der Waals surface area contributed by atoms with Gasteiger partial charge >= 0.3 is 0 Å². The van der Waals surface area contributed by atoms with Gasteiger partial charge in [0.05, 0.1) is 12.1 Å². The molecule has 146 valence electrons. The minimum absolute atomic E-state index is 0.0726. The van der Waals surface area contributed by atoms with Crippen molar-refractivity contribution in [3.8, 4) is 5.75 Å². The summed E-state index contributed by atoms with van der Waals surface area (Å²) < 4.78 is 6.34. The van der Waals surface area contributed by atoms with Crippen molar-refractivity contribution >= 4 is 23.4 Å². The van der Waals surface area contributed by atoms with Gasteiger partial charge in [0.2, 0.25) is 5.91 Å². The van der Waals surface area contributed by atoms with Gasteiger partial charge in [0.15, 0.2) is 0 Å². The monoisotopic (exact) mass is 390 g/mol. The van der Waals surface area contributed by atoms with Gasteiger partial charge in [0.1, 0.15) is 11.4 Å². The van der Waals surface area contributed by atoms with Gasteiger partial charge < -0.3 is 15.0 Å². The number of likely N-dealkylation sites (tertiary alicyclic amines) is 1. The Morgan fingerprint density at radius 3 is 2.78 bits per heavy atom. The van der Waals surface area contributed by atoms with Gasteiger partial charge in [0.25, 0.3) is 5.91 Å². The van der Waals surface area contributed by atoms with Crippen LogP contribution in [0.4, 0.5) is 0 Å². The standard InChI is InChI=1S/C21H27ClN2O3/c1-14-4-2-3-11-24(14)20(26)15-7-9-21(10-8-15)13-23-19(25)17-12-16(22)5-6-18(17)27-21/h5-6,12,14-15H,2-4,7-11,13H2,1H3,(H,23,25). The van der Waals surface area contributed by atoms with Crippen LogP contribution in [0.25, 0.3) is 0 Å². The first-order valence-electron chi connectivity index (χ1n) is 10.0. The summed E-state index contributed by atoms with van der Waals surface area (Å²) in [6.07, 6.45) is 6.59. The topological polar surface area (TPSA) is 58.6 Å². The lowest BCUT2D eigenvalue weighted by Crippen LogP contribution is -2.51. The number of piperidine rings is 1. The van der Waals surface area contributed by atoms with Crippen molar-refractivity contribution < 1.29 is 14.3 Å². The molecule has 5 nitrogen and oxygen atoms in total. The third-order valence-electron chi connectivity index (χ3n) is 6.42. The molecule has 2 aliphatic heterocycles. The van der Waals surface area contributed by atoms with Crippen molar-refractivity contribution in [3.63, 3.8) is 0 Å². The van der Waals surface area contributed by atoms with Crippen LogP contribution in [-0.2, 0) is 4.79 Å². The lowest BCUT2D eigenvalue weighted by Gasteiger charge is -2.42. The molecule has 2 fully saturated rings. The van der Waals surface area contributed by atoms with E-state index in [4.69, 9.17) is 16.3 Å². The molecule has 1 saturated heterocycles. The van der Waals surface area contributed by atoms with Crippen molar-refractivity contribution in [1.29, 1.82) is 0 Å². The smallest absolute Gasteiger partial charge is 0.255 e. The molecule has 3 aliphatic rings. The Bertz CT molecular complexity index is 743. The minimum Gasteiger partial charge on any atom is -0.485 e. The summed E-state index contributed by atoms with van der Waals surface area (Å²) in [7, 11) is 0. The Balaban J connectivity index is 1.46. The van der Waals surface area contributed by atoms with Gasteiger partial charge in [-0.2, -0.15) is 0 Å².